The van der Waals surface area contributed by atoms with E-state index >= 15 is 0 Å². The summed E-state index contributed by atoms with van der Waals surface area (Å²) in [5.41, 5.74) is 9.51. The molecule has 0 aliphatic rings. The highest BCUT2D eigenvalue weighted by molar-refractivity contribution is 7.24. The van der Waals surface area contributed by atoms with Crippen molar-refractivity contribution in [3.63, 3.8) is 0 Å². The van der Waals surface area contributed by atoms with Crippen LogP contribution in [-0.2, 0) is 0 Å². The predicted molar refractivity (Wildman–Crippen MR) is 186 cm³/mol. The van der Waals surface area contributed by atoms with E-state index in [0.717, 1.165) is 71.5 Å². The number of hydrogen-bond acceptors (Lipinski definition) is 4. The van der Waals surface area contributed by atoms with Gasteiger partial charge in [-0.25, -0.2) is 19.8 Å². The van der Waals surface area contributed by atoms with Crippen molar-refractivity contribution >= 4 is 37.3 Å². The third-order valence-corrected chi connectivity index (χ3v) is 9.05. The first-order valence-electron chi connectivity index (χ1n) is 14.7. The van der Waals surface area contributed by atoms with E-state index in [1.807, 2.05) is 91.0 Å². The molecule has 0 amide bonds. The van der Waals surface area contributed by atoms with Gasteiger partial charge in [0, 0.05) is 43.3 Å². The number of nitrogens with zero attached hydrogens (tertiary/aromatic N) is 4. The van der Waals surface area contributed by atoms with E-state index in [4.69, 9.17) is 21.5 Å². The molecule has 0 radical (unpaired) electrons. The molecule has 0 N–H and O–H groups in total. The van der Waals surface area contributed by atoms with Gasteiger partial charge < -0.3 is 0 Å². The number of aromatic nitrogens is 3. The summed E-state index contributed by atoms with van der Waals surface area (Å²) in [6, 6.07) is 49.2. The van der Waals surface area contributed by atoms with Crippen LogP contribution in [0.4, 0.5) is 5.00 Å². The van der Waals surface area contributed by atoms with Crippen molar-refractivity contribution in [2.24, 2.45) is 0 Å². The second kappa shape index (κ2) is 11.3. The molecule has 4 nitrogen and oxygen atoms in total. The molecular weight excluding hydrogens is 569 g/mol. The second-order valence-electron chi connectivity index (χ2n) is 10.7. The first-order chi connectivity index (χ1) is 22.3. The molecule has 0 unspecified atom stereocenters. The van der Waals surface area contributed by atoms with E-state index in [0.29, 0.717) is 10.8 Å². The standard InChI is InChI=1S/C40H24N4S/c1-41-40-35(36-31-19-11-12-20-32(31)42-37(38(36)45-40)29-15-7-3-8-16-29)28-23-21-27(22-24-28)34-25-33(26-13-5-2-6-14-26)43-39(44-34)30-17-9-4-10-18-30/h2-25H. The summed E-state index contributed by atoms with van der Waals surface area (Å²) in [5.74, 6) is 0.683. The van der Waals surface area contributed by atoms with Crippen molar-refractivity contribution in [3.8, 4) is 56.3 Å². The van der Waals surface area contributed by atoms with Gasteiger partial charge in [-0.2, -0.15) is 11.3 Å². The highest BCUT2D eigenvalue weighted by atomic mass is 32.1. The van der Waals surface area contributed by atoms with Crippen LogP contribution in [-0.4, -0.2) is 15.0 Å². The molecule has 0 spiro atoms. The van der Waals surface area contributed by atoms with Crippen LogP contribution in [0.2, 0.25) is 0 Å². The molecule has 0 aliphatic carbocycles. The summed E-state index contributed by atoms with van der Waals surface area (Å²) in [6.45, 7) is 8.14. The minimum Gasteiger partial charge on any atom is -0.246 e. The molecular formula is C40H24N4S. The molecule has 210 valence electrons. The van der Waals surface area contributed by atoms with Gasteiger partial charge in [0.15, 0.2) is 5.82 Å². The smallest absolute Gasteiger partial charge is 0.246 e. The van der Waals surface area contributed by atoms with Crippen LogP contribution in [0.15, 0.2) is 146 Å². The van der Waals surface area contributed by atoms with Crippen molar-refractivity contribution in [1.82, 2.24) is 15.0 Å². The summed E-state index contributed by atoms with van der Waals surface area (Å²) < 4.78 is 1.03. The Balaban J connectivity index is 1.30. The Morgan fingerprint density at radius 3 is 1.69 bits per heavy atom. The van der Waals surface area contributed by atoms with Gasteiger partial charge in [-0.15, -0.1) is 0 Å². The van der Waals surface area contributed by atoms with Gasteiger partial charge in [-0.1, -0.05) is 133 Å². The highest BCUT2D eigenvalue weighted by Crippen LogP contribution is 2.50. The summed E-state index contributed by atoms with van der Waals surface area (Å²) in [4.78, 5) is 19.0. The number of thiophene rings is 1. The molecule has 3 aromatic heterocycles. The summed E-state index contributed by atoms with van der Waals surface area (Å²) in [7, 11) is 0. The third-order valence-electron chi connectivity index (χ3n) is 7.96. The van der Waals surface area contributed by atoms with E-state index in [2.05, 4.69) is 59.4 Å². The van der Waals surface area contributed by atoms with Gasteiger partial charge in [0.05, 0.1) is 29.2 Å². The van der Waals surface area contributed by atoms with Crippen LogP contribution in [0, 0.1) is 6.57 Å². The fourth-order valence-electron chi connectivity index (χ4n) is 5.81. The fourth-order valence-corrected chi connectivity index (χ4v) is 6.95. The Hall–Kier alpha value is -5.96. The van der Waals surface area contributed by atoms with Crippen LogP contribution in [0.1, 0.15) is 0 Å². The number of para-hydroxylation sites is 1. The normalized spacial score (nSPS) is 11.1. The number of benzene rings is 5. The second-order valence-corrected chi connectivity index (χ2v) is 11.7. The molecule has 0 fully saturated rings. The zero-order valence-electron chi connectivity index (χ0n) is 24.1. The lowest BCUT2D eigenvalue weighted by Crippen LogP contribution is -1.95. The topological polar surface area (TPSA) is 43.0 Å². The van der Waals surface area contributed by atoms with E-state index in [1.54, 1.807) is 0 Å². The maximum absolute atomic E-state index is 8.14. The monoisotopic (exact) mass is 592 g/mol. The molecule has 5 aromatic carbocycles. The van der Waals surface area contributed by atoms with E-state index < -0.39 is 0 Å². The Kier molecular flexibility index (Phi) is 6.68. The summed E-state index contributed by atoms with van der Waals surface area (Å²) in [5, 5.41) is 2.78. The lowest BCUT2D eigenvalue weighted by atomic mass is 9.97. The number of fused-ring (bicyclic) bond motifs is 3. The van der Waals surface area contributed by atoms with Gasteiger partial charge in [0.2, 0.25) is 5.00 Å². The highest BCUT2D eigenvalue weighted by Gasteiger charge is 2.21. The van der Waals surface area contributed by atoms with E-state index in [9.17, 15) is 0 Å². The molecule has 3 heterocycles. The van der Waals surface area contributed by atoms with Crippen molar-refractivity contribution in [3.05, 3.63) is 157 Å². The van der Waals surface area contributed by atoms with Gasteiger partial charge >= 0.3 is 0 Å². The van der Waals surface area contributed by atoms with Gasteiger partial charge in [-0.3, -0.25) is 0 Å². The lowest BCUT2D eigenvalue weighted by molar-refractivity contribution is 1.18. The molecule has 5 heteroatoms. The molecule has 8 aromatic rings. The van der Waals surface area contributed by atoms with Crippen LogP contribution in [0.5, 0.6) is 0 Å². The van der Waals surface area contributed by atoms with Gasteiger partial charge in [-0.05, 0) is 17.7 Å². The fraction of sp³-hybridized carbons (Fsp3) is 0. The molecule has 8 rings (SSSR count). The van der Waals surface area contributed by atoms with Crippen molar-refractivity contribution in [2.45, 2.75) is 0 Å². The minimum atomic E-state index is 0.660. The lowest BCUT2D eigenvalue weighted by Gasteiger charge is -2.11. The molecule has 0 saturated heterocycles. The van der Waals surface area contributed by atoms with Crippen LogP contribution < -0.4 is 0 Å². The summed E-state index contributed by atoms with van der Waals surface area (Å²) >= 11 is 1.52. The SMILES string of the molecule is [C-]#[N+]c1sc2c(-c3ccccc3)nc3ccccc3c2c1-c1ccc(-c2cc(-c3ccccc3)nc(-c3ccccc3)n2)cc1. The Bertz CT molecular complexity index is 2300. The zero-order valence-corrected chi connectivity index (χ0v) is 24.9. The van der Waals surface area contributed by atoms with Crippen LogP contribution in [0.3, 0.4) is 0 Å². The predicted octanol–water partition coefficient (Wildman–Crippen LogP) is 11.1. The first kappa shape index (κ1) is 26.7. The molecule has 0 aliphatic heterocycles. The Labute approximate surface area is 264 Å². The molecule has 0 bridgehead atoms. The largest absolute Gasteiger partial charge is 0.250 e. The van der Waals surface area contributed by atoms with Gasteiger partial charge in [0.25, 0.3) is 0 Å². The summed E-state index contributed by atoms with van der Waals surface area (Å²) in [6.07, 6.45) is 0. The first-order valence-corrected chi connectivity index (χ1v) is 15.5. The minimum absolute atomic E-state index is 0.660. The van der Waals surface area contributed by atoms with Crippen LogP contribution >= 0.6 is 11.3 Å². The number of pyridine rings is 1. The maximum Gasteiger partial charge on any atom is 0.250 e. The number of rotatable bonds is 5. The average Bonchev–Trinajstić information content (AvgIpc) is 3.52. The Morgan fingerprint density at radius 1 is 0.511 bits per heavy atom. The third kappa shape index (κ3) is 4.84. The van der Waals surface area contributed by atoms with E-state index in [-0.39, 0.29) is 0 Å². The van der Waals surface area contributed by atoms with Crippen molar-refractivity contribution in [2.75, 3.05) is 0 Å². The van der Waals surface area contributed by atoms with Crippen LogP contribution in [0.25, 0.3) is 82.1 Å². The van der Waals surface area contributed by atoms with Crippen molar-refractivity contribution < 1.29 is 0 Å². The average molecular weight is 593 g/mol. The quantitative estimate of drug-likeness (QED) is 0.187. The Morgan fingerprint density at radius 2 is 1.04 bits per heavy atom. The molecule has 0 saturated carbocycles. The van der Waals surface area contributed by atoms with Gasteiger partial charge in [0.1, 0.15) is 0 Å². The van der Waals surface area contributed by atoms with E-state index in [1.165, 1.54) is 11.3 Å². The molecule has 0 atom stereocenters. The maximum atomic E-state index is 8.14. The van der Waals surface area contributed by atoms with Crippen molar-refractivity contribution in [1.29, 1.82) is 0 Å². The molecule has 45 heavy (non-hydrogen) atoms. The number of hydrogen-bond donors (Lipinski definition) is 0. The zero-order chi connectivity index (χ0) is 30.2.